The minimum atomic E-state index is -1.15. The van der Waals surface area contributed by atoms with Crippen LogP contribution in [0.1, 0.15) is 32.1 Å². The molecule has 2 heterocycles. The zero-order valence-electron chi connectivity index (χ0n) is 13.4. The van der Waals surface area contributed by atoms with Gasteiger partial charge in [-0.3, -0.25) is 14.4 Å². The molecule has 0 bridgehead atoms. The molecule has 3 aliphatic rings. The van der Waals surface area contributed by atoms with Crippen LogP contribution < -0.4 is 0 Å². The van der Waals surface area contributed by atoms with E-state index in [1.807, 2.05) is 0 Å². The fraction of sp³-hybridized carbons (Fsp3) is 0.706. The number of likely N-dealkylation sites (tertiary alicyclic amines) is 2. The predicted octanol–water partition coefficient (Wildman–Crippen LogP) is 1.12. The van der Waals surface area contributed by atoms with E-state index in [4.69, 9.17) is 0 Å². The fourth-order valence-corrected chi connectivity index (χ4v) is 4.39. The fourth-order valence-electron chi connectivity index (χ4n) is 4.39. The largest absolute Gasteiger partial charge is 0.481 e. The Morgan fingerprint density at radius 3 is 2.52 bits per heavy atom. The number of carbonyl (C=O) groups is 3. The third-order valence-corrected chi connectivity index (χ3v) is 5.67. The Hall–Kier alpha value is -1.85. The van der Waals surface area contributed by atoms with E-state index in [0.29, 0.717) is 6.54 Å². The van der Waals surface area contributed by atoms with Gasteiger partial charge in [-0.15, -0.1) is 6.58 Å². The number of carboxylic acid groups (broad SMARTS) is 1. The molecule has 0 aromatic carbocycles. The number of carboxylic acids is 1. The molecule has 0 aromatic rings. The summed E-state index contributed by atoms with van der Waals surface area (Å²) in [5.74, 6) is -1.70. The quantitative estimate of drug-likeness (QED) is 0.788. The van der Waals surface area contributed by atoms with Gasteiger partial charge in [-0.25, -0.2) is 0 Å². The average molecular weight is 320 g/mol. The van der Waals surface area contributed by atoms with Crippen molar-refractivity contribution in [2.75, 3.05) is 26.2 Å². The molecule has 0 aromatic heterocycles. The first-order valence-corrected chi connectivity index (χ1v) is 8.41. The van der Waals surface area contributed by atoms with Crippen molar-refractivity contribution in [3.05, 3.63) is 12.7 Å². The molecule has 2 saturated heterocycles. The third-order valence-electron chi connectivity index (χ3n) is 5.67. The Kier molecular flexibility index (Phi) is 4.17. The van der Waals surface area contributed by atoms with E-state index in [2.05, 4.69) is 6.58 Å². The summed E-state index contributed by atoms with van der Waals surface area (Å²) in [5.41, 5.74) is -1.15. The van der Waals surface area contributed by atoms with Crippen LogP contribution in [0.4, 0.5) is 0 Å². The lowest BCUT2D eigenvalue weighted by Crippen LogP contribution is -2.43. The van der Waals surface area contributed by atoms with Crippen LogP contribution in [0, 0.1) is 17.3 Å². The van der Waals surface area contributed by atoms with Crippen molar-refractivity contribution in [1.82, 2.24) is 9.80 Å². The van der Waals surface area contributed by atoms with Crippen molar-refractivity contribution >= 4 is 17.8 Å². The molecular formula is C17H24N2O4. The highest BCUT2D eigenvalue weighted by atomic mass is 16.4. The third kappa shape index (κ3) is 2.54. The Morgan fingerprint density at radius 2 is 1.96 bits per heavy atom. The number of hydrogen-bond donors (Lipinski definition) is 1. The summed E-state index contributed by atoms with van der Waals surface area (Å²) in [7, 11) is 0. The van der Waals surface area contributed by atoms with E-state index in [9.17, 15) is 19.5 Å². The summed E-state index contributed by atoms with van der Waals surface area (Å²) in [4.78, 5) is 40.3. The molecule has 0 radical (unpaired) electrons. The average Bonchev–Trinajstić information content (AvgIpc) is 3.05. The lowest BCUT2D eigenvalue weighted by molar-refractivity contribution is -0.150. The van der Waals surface area contributed by atoms with E-state index in [1.54, 1.807) is 15.9 Å². The smallest absolute Gasteiger partial charge is 0.314 e. The number of nitrogens with zero attached hydrogens (tertiary/aromatic N) is 2. The van der Waals surface area contributed by atoms with Crippen LogP contribution >= 0.6 is 0 Å². The maximum atomic E-state index is 12.7. The first kappa shape index (κ1) is 16.0. The van der Waals surface area contributed by atoms with E-state index in [0.717, 1.165) is 25.7 Å². The normalized spacial score (nSPS) is 31.3. The Morgan fingerprint density at radius 1 is 1.26 bits per heavy atom. The van der Waals surface area contributed by atoms with Gasteiger partial charge in [0.2, 0.25) is 11.8 Å². The minimum absolute atomic E-state index is 0.00722. The zero-order valence-corrected chi connectivity index (χ0v) is 13.4. The number of carbonyl (C=O) groups excluding carboxylic acids is 2. The Balaban J connectivity index is 1.78. The molecule has 3 fully saturated rings. The summed E-state index contributed by atoms with van der Waals surface area (Å²) >= 11 is 0. The van der Waals surface area contributed by atoms with Gasteiger partial charge in [0, 0.05) is 32.1 Å². The molecule has 1 saturated carbocycles. The molecule has 2 atom stereocenters. The van der Waals surface area contributed by atoms with Gasteiger partial charge < -0.3 is 14.9 Å². The lowest BCUT2D eigenvalue weighted by atomic mass is 9.81. The van der Waals surface area contributed by atoms with Crippen molar-refractivity contribution < 1.29 is 19.5 Å². The zero-order chi connectivity index (χ0) is 16.6. The van der Waals surface area contributed by atoms with E-state index >= 15 is 0 Å². The second kappa shape index (κ2) is 5.98. The van der Waals surface area contributed by atoms with Gasteiger partial charge in [0.1, 0.15) is 5.41 Å². The summed E-state index contributed by atoms with van der Waals surface area (Å²) < 4.78 is 0. The van der Waals surface area contributed by atoms with Crippen LogP contribution in [-0.2, 0) is 14.4 Å². The van der Waals surface area contributed by atoms with Gasteiger partial charge in [-0.2, -0.15) is 0 Å². The SMILES string of the molecule is C=CCN1C[C@]2(C(=O)O)CN(C(=O)C3CCCCC3)C[C@@H]2C1=O. The van der Waals surface area contributed by atoms with Crippen LogP contribution in [-0.4, -0.2) is 58.9 Å². The van der Waals surface area contributed by atoms with Crippen molar-refractivity contribution in [1.29, 1.82) is 0 Å². The molecule has 3 rings (SSSR count). The molecule has 0 spiro atoms. The molecule has 2 amide bonds. The standard InChI is InChI=1S/C17H24N2O4/c1-2-8-18-10-17(16(22)23)11-19(9-13(17)15(18)21)14(20)12-6-4-3-5-7-12/h2,12-13H,1,3-11H2,(H,22,23)/t13-,17+/m1/s1. The van der Waals surface area contributed by atoms with Gasteiger partial charge >= 0.3 is 5.97 Å². The molecule has 0 unspecified atom stereocenters. The molecule has 126 valence electrons. The molecule has 23 heavy (non-hydrogen) atoms. The minimum Gasteiger partial charge on any atom is -0.481 e. The Labute approximate surface area is 136 Å². The van der Waals surface area contributed by atoms with Crippen molar-refractivity contribution in [3.8, 4) is 0 Å². The summed E-state index contributed by atoms with van der Waals surface area (Å²) in [6.07, 6.45) is 6.67. The maximum absolute atomic E-state index is 12.7. The second-order valence-electron chi connectivity index (χ2n) is 7.08. The van der Waals surface area contributed by atoms with Gasteiger partial charge in [-0.05, 0) is 12.8 Å². The van der Waals surface area contributed by atoms with Crippen molar-refractivity contribution in [2.45, 2.75) is 32.1 Å². The van der Waals surface area contributed by atoms with Crippen LogP contribution in [0.25, 0.3) is 0 Å². The van der Waals surface area contributed by atoms with Crippen LogP contribution in [0.5, 0.6) is 0 Å². The molecular weight excluding hydrogens is 296 g/mol. The first-order valence-electron chi connectivity index (χ1n) is 8.41. The van der Waals surface area contributed by atoms with Crippen molar-refractivity contribution in [3.63, 3.8) is 0 Å². The number of amides is 2. The van der Waals surface area contributed by atoms with Gasteiger partial charge in [0.15, 0.2) is 0 Å². The van der Waals surface area contributed by atoms with Gasteiger partial charge in [-0.1, -0.05) is 25.3 Å². The molecule has 6 heteroatoms. The monoisotopic (exact) mass is 320 g/mol. The lowest BCUT2D eigenvalue weighted by Gasteiger charge is -2.29. The van der Waals surface area contributed by atoms with Crippen molar-refractivity contribution in [2.24, 2.45) is 17.3 Å². The van der Waals surface area contributed by atoms with E-state index in [1.165, 1.54) is 6.42 Å². The number of aliphatic carboxylic acids is 1. The number of hydrogen-bond acceptors (Lipinski definition) is 3. The van der Waals surface area contributed by atoms with Gasteiger partial charge in [0.05, 0.1) is 5.92 Å². The number of rotatable bonds is 4. The highest BCUT2D eigenvalue weighted by Gasteiger charge is 2.62. The van der Waals surface area contributed by atoms with Crippen LogP contribution in [0.2, 0.25) is 0 Å². The molecule has 1 N–H and O–H groups in total. The highest BCUT2D eigenvalue weighted by Crippen LogP contribution is 2.44. The first-order chi connectivity index (χ1) is 11.0. The molecule has 6 nitrogen and oxygen atoms in total. The summed E-state index contributed by atoms with van der Waals surface area (Å²) in [6, 6.07) is 0. The van der Waals surface area contributed by atoms with Crippen LogP contribution in [0.3, 0.4) is 0 Å². The second-order valence-corrected chi connectivity index (χ2v) is 7.08. The predicted molar refractivity (Wildman–Crippen MR) is 83.5 cm³/mol. The summed E-state index contributed by atoms with van der Waals surface area (Å²) in [5, 5.41) is 9.75. The van der Waals surface area contributed by atoms with E-state index in [-0.39, 0.29) is 37.4 Å². The van der Waals surface area contributed by atoms with Gasteiger partial charge in [0.25, 0.3) is 0 Å². The molecule has 1 aliphatic carbocycles. The van der Waals surface area contributed by atoms with Crippen LogP contribution in [0.15, 0.2) is 12.7 Å². The topological polar surface area (TPSA) is 77.9 Å². The Bertz CT molecular complexity index is 541. The highest BCUT2D eigenvalue weighted by molar-refractivity contribution is 5.94. The molecule has 2 aliphatic heterocycles. The number of fused-ring (bicyclic) bond motifs is 1. The van der Waals surface area contributed by atoms with E-state index < -0.39 is 17.3 Å². The maximum Gasteiger partial charge on any atom is 0.314 e. The summed E-state index contributed by atoms with van der Waals surface area (Å²) in [6.45, 7) is 4.55.